The van der Waals surface area contributed by atoms with E-state index in [1.54, 1.807) is 0 Å². The van der Waals surface area contributed by atoms with Crippen LogP contribution in [0.15, 0.2) is 497 Å². The van der Waals surface area contributed by atoms with Crippen molar-refractivity contribution in [1.29, 1.82) is 0 Å². The molecular formula is C120H82N4. The zero-order valence-electron chi connectivity index (χ0n) is 68.1. The van der Waals surface area contributed by atoms with Crippen LogP contribution in [0.4, 0.5) is 17.1 Å². The monoisotopic (exact) mass is 1580 g/mol. The second kappa shape index (κ2) is 32.4. The molecule has 0 spiro atoms. The third-order valence-electron chi connectivity index (χ3n) is 24.7. The van der Waals surface area contributed by atoms with Gasteiger partial charge in [-0.15, -0.1) is 0 Å². The van der Waals surface area contributed by atoms with Gasteiger partial charge in [0.1, 0.15) is 0 Å². The Morgan fingerprint density at radius 3 is 0.411 bits per heavy atom. The largest absolute Gasteiger partial charge is 0.311 e. The summed E-state index contributed by atoms with van der Waals surface area (Å²) in [5.74, 6) is 0. The van der Waals surface area contributed by atoms with Crippen LogP contribution >= 0.6 is 0 Å². The zero-order chi connectivity index (χ0) is 82.2. The molecule has 4 nitrogen and oxygen atoms in total. The Kier molecular flexibility index (Phi) is 19.3. The fourth-order valence-electron chi connectivity index (χ4n) is 18.8. The van der Waals surface area contributed by atoms with Gasteiger partial charge in [-0.25, -0.2) is 0 Å². The first-order valence-electron chi connectivity index (χ1n) is 42.6. The molecule has 23 rings (SSSR count). The quantitative estimate of drug-likeness (QED) is 0.133. The SMILES string of the molecule is c1ccc(-c2ccc(N(c3ccc(-c4ccccc4)cc3)c3ccc(-c4ccc(-n5c6ccccc6c6ccccc6c6ccccc6c6ccccc65)cc4)cc3)cc2)cc1.c1ccc2c(c1)c1ccccc1c1ccccc1n(-c1ccc(-c3ccc(-n4c5ccccc5c5ccccc5c5ccccc5c5ccccc54)cc3)cc1)c1ccccc21. The first kappa shape index (κ1) is 73.9. The minimum atomic E-state index is 1.09. The van der Waals surface area contributed by atoms with E-state index in [0.29, 0.717) is 0 Å². The van der Waals surface area contributed by atoms with Gasteiger partial charge in [0.05, 0.1) is 33.1 Å². The van der Waals surface area contributed by atoms with Crippen LogP contribution < -0.4 is 4.90 Å². The zero-order valence-corrected chi connectivity index (χ0v) is 68.1. The van der Waals surface area contributed by atoms with Gasteiger partial charge in [0.25, 0.3) is 0 Å². The Hall–Kier alpha value is -16.4. The maximum Gasteiger partial charge on any atom is 0.0540 e. The molecule has 0 bridgehead atoms. The number of hydrogen-bond acceptors (Lipinski definition) is 1. The summed E-state index contributed by atoms with van der Waals surface area (Å²) in [6.45, 7) is 0. The van der Waals surface area contributed by atoms with Crippen LogP contribution in [0.1, 0.15) is 0 Å². The lowest BCUT2D eigenvalue weighted by molar-refractivity contribution is 1.17. The van der Waals surface area contributed by atoms with Gasteiger partial charge in [-0.05, 0) is 218 Å². The molecule has 0 aliphatic carbocycles. The van der Waals surface area contributed by atoms with Crippen molar-refractivity contribution in [3.8, 4) is 61.6 Å². The second-order valence-corrected chi connectivity index (χ2v) is 31.7. The van der Waals surface area contributed by atoms with Crippen LogP contribution in [-0.4, -0.2) is 13.7 Å². The fourth-order valence-corrected chi connectivity index (χ4v) is 18.8. The summed E-state index contributed by atoms with van der Waals surface area (Å²) in [5.41, 5.74) is 22.9. The Morgan fingerprint density at radius 2 is 0.234 bits per heavy atom. The molecule has 0 amide bonds. The molecule has 23 aromatic rings. The van der Waals surface area contributed by atoms with Crippen LogP contribution in [0.3, 0.4) is 0 Å². The summed E-state index contributed by atoms with van der Waals surface area (Å²) in [6, 6.07) is 181. The molecule has 0 unspecified atom stereocenters. The van der Waals surface area contributed by atoms with Crippen molar-refractivity contribution in [2.24, 2.45) is 0 Å². The van der Waals surface area contributed by atoms with Crippen molar-refractivity contribution < 1.29 is 0 Å². The molecule has 0 radical (unpaired) electrons. The summed E-state index contributed by atoms with van der Waals surface area (Å²) in [5, 5.41) is 21.9. The highest BCUT2D eigenvalue weighted by molar-refractivity contribution is 6.23. The molecule has 0 saturated carbocycles. The molecule has 0 aliphatic heterocycles. The lowest BCUT2D eigenvalue weighted by Crippen LogP contribution is -2.09. The molecule has 124 heavy (non-hydrogen) atoms. The summed E-state index contributed by atoms with van der Waals surface area (Å²) in [4.78, 5) is 2.34. The number of nitrogens with zero attached hydrogens (tertiary/aromatic N) is 4. The Bertz CT molecular complexity index is 7580. The molecule has 0 aliphatic rings. The number of para-hydroxylation sites is 6. The summed E-state index contributed by atoms with van der Waals surface area (Å²) >= 11 is 0. The van der Waals surface area contributed by atoms with Crippen LogP contribution in [0.5, 0.6) is 0 Å². The van der Waals surface area contributed by atoms with E-state index in [-0.39, 0.29) is 0 Å². The smallest absolute Gasteiger partial charge is 0.0540 e. The highest BCUT2D eigenvalue weighted by Gasteiger charge is 2.19. The number of hydrogen-bond donors (Lipinski definition) is 0. The number of aromatic nitrogens is 3. The van der Waals surface area contributed by atoms with Gasteiger partial charge >= 0.3 is 0 Å². The predicted octanol–water partition coefficient (Wildman–Crippen LogP) is 33.1. The Labute approximate surface area is 719 Å². The molecule has 20 aromatic carbocycles. The van der Waals surface area contributed by atoms with E-state index in [2.05, 4.69) is 516 Å². The first-order valence-corrected chi connectivity index (χ1v) is 42.6. The maximum absolute atomic E-state index is 2.44. The molecule has 582 valence electrons. The van der Waals surface area contributed by atoms with Crippen molar-refractivity contribution in [3.63, 3.8) is 0 Å². The maximum atomic E-state index is 2.44. The van der Waals surface area contributed by atoms with Gasteiger partial charge < -0.3 is 18.6 Å². The highest BCUT2D eigenvalue weighted by atomic mass is 15.1. The summed E-state index contributed by atoms with van der Waals surface area (Å²) in [7, 11) is 0. The Morgan fingerprint density at radius 1 is 0.105 bits per heavy atom. The topological polar surface area (TPSA) is 18.0 Å². The van der Waals surface area contributed by atoms with E-state index in [9.17, 15) is 0 Å². The average Bonchev–Trinajstić information content (AvgIpc) is 1.58. The lowest BCUT2D eigenvalue weighted by Gasteiger charge is -2.26. The van der Waals surface area contributed by atoms with Crippen molar-refractivity contribution in [3.05, 3.63) is 497 Å². The highest BCUT2D eigenvalue weighted by Crippen LogP contribution is 2.43. The van der Waals surface area contributed by atoms with Gasteiger partial charge in [-0.3, -0.25) is 0 Å². The molecular weight excluding hydrogens is 1500 g/mol. The van der Waals surface area contributed by atoms with E-state index in [4.69, 9.17) is 0 Å². The molecule has 0 saturated heterocycles. The van der Waals surface area contributed by atoms with Gasteiger partial charge in [0, 0.05) is 66.4 Å². The third-order valence-corrected chi connectivity index (χ3v) is 24.7. The van der Waals surface area contributed by atoms with Crippen molar-refractivity contribution in [2.45, 2.75) is 0 Å². The van der Waals surface area contributed by atoms with Crippen LogP contribution in [0.2, 0.25) is 0 Å². The molecule has 0 N–H and O–H groups in total. The second-order valence-electron chi connectivity index (χ2n) is 31.7. The summed E-state index contributed by atoms with van der Waals surface area (Å²) in [6.07, 6.45) is 0. The van der Waals surface area contributed by atoms with Gasteiger partial charge in [-0.2, -0.15) is 0 Å². The van der Waals surface area contributed by atoms with Crippen LogP contribution in [0.25, 0.3) is 192 Å². The minimum absolute atomic E-state index is 1.09. The molecule has 0 fully saturated rings. The predicted molar refractivity (Wildman–Crippen MR) is 530 cm³/mol. The van der Waals surface area contributed by atoms with Crippen molar-refractivity contribution in [1.82, 2.24) is 13.7 Å². The Balaban J connectivity index is 0.000000147. The van der Waals surface area contributed by atoms with Gasteiger partial charge in [-0.1, -0.05) is 388 Å². The first-order chi connectivity index (χ1) is 61.6. The molecule has 3 heterocycles. The van der Waals surface area contributed by atoms with E-state index >= 15 is 0 Å². The summed E-state index contributed by atoms with van der Waals surface area (Å²) < 4.78 is 7.30. The number of fused-ring (bicyclic) bond motifs is 21. The number of anilines is 3. The molecule has 3 aromatic heterocycles. The molecule has 0 atom stereocenters. The van der Waals surface area contributed by atoms with E-state index in [1.165, 1.54) is 119 Å². The lowest BCUT2D eigenvalue weighted by atomic mass is 10.0. The average molecular weight is 1580 g/mol. The van der Waals surface area contributed by atoms with E-state index in [0.717, 1.165) is 89.5 Å². The minimum Gasteiger partial charge on any atom is -0.311 e. The van der Waals surface area contributed by atoms with Crippen molar-refractivity contribution >= 4 is 147 Å². The van der Waals surface area contributed by atoms with Crippen LogP contribution in [0, 0.1) is 0 Å². The number of benzene rings is 20. The van der Waals surface area contributed by atoms with Gasteiger partial charge in [0.15, 0.2) is 0 Å². The molecule has 4 heteroatoms. The van der Waals surface area contributed by atoms with Crippen LogP contribution in [-0.2, 0) is 0 Å². The van der Waals surface area contributed by atoms with Gasteiger partial charge in [0.2, 0.25) is 0 Å². The standard InChI is InChI=1S/C60H40N2.C60H42N2/c1-5-21-49-45(17-1)46-18-2-6-22-50(46)54-26-10-14-30-58(54)61(57-29-13-9-25-53(49)57)43-37-33-41(34-38-43)42-35-39-44(40-36-42)62-59-31-15-11-27-55(59)51-23-7-3-19-47(51)48-20-4-8-24-52(48)56-28-12-16-32-60(56)62;1-3-15-43(16-4-1)45-27-35-49(36-28-45)61(50-37-29-46(30-38-50)44-17-5-2-6-18-44)51-39-31-47(32-40-51)48-33-41-52(42-34-48)62-59-25-13-11-23-57(59)55-21-9-7-19-53(55)54-20-8-10-22-56(54)58-24-12-14-26-60(58)62/h1-40H;1-42H. The van der Waals surface area contributed by atoms with E-state index < -0.39 is 0 Å². The third kappa shape index (κ3) is 13.6. The fraction of sp³-hybridized carbons (Fsp3) is 0. The van der Waals surface area contributed by atoms with E-state index in [1.807, 2.05) is 0 Å². The van der Waals surface area contributed by atoms with Crippen molar-refractivity contribution in [2.75, 3.05) is 4.90 Å². The normalized spacial score (nSPS) is 11.4. The number of rotatable bonds is 10.